The third-order valence-corrected chi connectivity index (χ3v) is 2.54. The summed E-state index contributed by atoms with van der Waals surface area (Å²) >= 11 is 5.77. The molecule has 0 radical (unpaired) electrons. The number of carbonyl (C=O) groups excluding carboxylic acids is 1. The Morgan fingerprint density at radius 2 is 1.91 bits per heavy atom. The fraction of sp³-hybridized carbons (Fsp3) is 0.667. The van der Waals surface area contributed by atoms with E-state index in [0.717, 1.165) is 12.0 Å². The van der Waals surface area contributed by atoms with E-state index in [1.807, 2.05) is 6.92 Å². The Labute approximate surface area is 72.4 Å². The molecule has 1 aliphatic rings. The van der Waals surface area contributed by atoms with Crippen LogP contribution in [0.3, 0.4) is 0 Å². The van der Waals surface area contributed by atoms with Gasteiger partial charge in [0.05, 0.1) is 5.03 Å². The molecule has 1 aliphatic carbocycles. The molecule has 0 atom stereocenters. The molecule has 0 aromatic heterocycles. The van der Waals surface area contributed by atoms with Crippen molar-refractivity contribution in [2.24, 2.45) is 5.41 Å². The highest BCUT2D eigenvalue weighted by atomic mass is 35.5. The molecule has 1 nitrogen and oxygen atoms in total. The lowest BCUT2D eigenvalue weighted by Gasteiger charge is -2.28. The molecule has 0 saturated heterocycles. The monoisotopic (exact) mass is 172 g/mol. The number of carbonyl (C=O) groups is 1. The molecule has 62 valence electrons. The van der Waals surface area contributed by atoms with Crippen LogP contribution in [0.25, 0.3) is 0 Å². The van der Waals surface area contributed by atoms with Gasteiger partial charge in [0.2, 0.25) is 0 Å². The number of halogens is 1. The molecule has 0 aromatic carbocycles. The van der Waals surface area contributed by atoms with Gasteiger partial charge >= 0.3 is 0 Å². The van der Waals surface area contributed by atoms with Crippen molar-refractivity contribution in [3.05, 3.63) is 10.6 Å². The van der Waals surface area contributed by atoms with Crippen LogP contribution >= 0.6 is 11.6 Å². The summed E-state index contributed by atoms with van der Waals surface area (Å²) in [7, 11) is 0. The summed E-state index contributed by atoms with van der Waals surface area (Å²) in [5.74, 6) is 0.0976. The summed E-state index contributed by atoms with van der Waals surface area (Å²) in [6, 6.07) is 0. The second-order valence-corrected chi connectivity index (χ2v) is 4.41. The van der Waals surface area contributed by atoms with E-state index in [4.69, 9.17) is 11.6 Å². The maximum atomic E-state index is 11.2. The number of hydrogen-bond acceptors (Lipinski definition) is 1. The maximum Gasteiger partial charge on any atom is 0.174 e. The summed E-state index contributed by atoms with van der Waals surface area (Å²) in [4.78, 5) is 11.2. The lowest BCUT2D eigenvalue weighted by Crippen LogP contribution is -2.23. The fourth-order valence-corrected chi connectivity index (χ4v) is 1.74. The second kappa shape index (κ2) is 2.63. The van der Waals surface area contributed by atoms with Crippen LogP contribution in [-0.4, -0.2) is 5.78 Å². The molecule has 0 amide bonds. The summed E-state index contributed by atoms with van der Waals surface area (Å²) in [6.45, 7) is 6.12. The molecule has 11 heavy (non-hydrogen) atoms. The van der Waals surface area contributed by atoms with Gasteiger partial charge in [-0.15, -0.1) is 0 Å². The van der Waals surface area contributed by atoms with Crippen LogP contribution in [0.2, 0.25) is 0 Å². The van der Waals surface area contributed by atoms with Gasteiger partial charge in [0.1, 0.15) is 0 Å². The molecule has 0 aliphatic heterocycles. The van der Waals surface area contributed by atoms with Crippen molar-refractivity contribution in [2.45, 2.75) is 33.6 Å². The van der Waals surface area contributed by atoms with Crippen molar-refractivity contribution in [2.75, 3.05) is 0 Å². The van der Waals surface area contributed by atoms with Crippen LogP contribution in [0.5, 0.6) is 0 Å². The van der Waals surface area contributed by atoms with Crippen LogP contribution in [0, 0.1) is 5.41 Å². The number of hydrogen-bond donors (Lipinski definition) is 0. The summed E-state index contributed by atoms with van der Waals surface area (Å²) in [5, 5.41) is 0.462. The standard InChI is InChI=1S/C9H13ClO/c1-6-4-9(2,3)5-7(11)8(6)10/h4-5H2,1-3H3. The lowest BCUT2D eigenvalue weighted by atomic mass is 9.77. The van der Waals surface area contributed by atoms with Crippen molar-refractivity contribution in [3.63, 3.8) is 0 Å². The molecule has 1 rings (SSSR count). The van der Waals surface area contributed by atoms with E-state index in [9.17, 15) is 4.79 Å². The minimum Gasteiger partial charge on any atom is -0.293 e. The molecule has 0 saturated carbocycles. The highest BCUT2D eigenvalue weighted by Gasteiger charge is 2.29. The fourth-order valence-electron chi connectivity index (χ4n) is 1.61. The maximum absolute atomic E-state index is 11.2. The number of rotatable bonds is 0. The van der Waals surface area contributed by atoms with Gasteiger partial charge in [0.25, 0.3) is 0 Å². The summed E-state index contributed by atoms with van der Waals surface area (Å²) in [5.41, 5.74) is 1.15. The SMILES string of the molecule is CC1=C(Cl)C(=O)CC(C)(C)C1. The predicted octanol–water partition coefficient (Wildman–Crippen LogP) is 2.89. The van der Waals surface area contributed by atoms with E-state index in [-0.39, 0.29) is 11.2 Å². The van der Waals surface area contributed by atoms with Crippen LogP contribution < -0.4 is 0 Å². The van der Waals surface area contributed by atoms with Gasteiger partial charge in [0, 0.05) is 6.42 Å². The highest BCUT2D eigenvalue weighted by Crippen LogP contribution is 2.37. The molecule has 0 bridgehead atoms. The molecule has 0 heterocycles. The molecule has 0 fully saturated rings. The topological polar surface area (TPSA) is 17.1 Å². The van der Waals surface area contributed by atoms with Crippen LogP contribution in [0.15, 0.2) is 10.6 Å². The van der Waals surface area contributed by atoms with Crippen molar-refractivity contribution in [3.8, 4) is 0 Å². The first-order chi connectivity index (χ1) is 4.92. The Balaban J connectivity index is 2.94. The zero-order valence-electron chi connectivity index (χ0n) is 7.20. The van der Waals surface area contributed by atoms with E-state index < -0.39 is 0 Å². The third-order valence-electron chi connectivity index (χ3n) is 2.00. The van der Waals surface area contributed by atoms with Crippen molar-refractivity contribution >= 4 is 17.4 Å². The normalized spacial score (nSPS) is 24.2. The molecule has 0 aromatic rings. The van der Waals surface area contributed by atoms with Gasteiger partial charge in [0.15, 0.2) is 5.78 Å². The lowest BCUT2D eigenvalue weighted by molar-refractivity contribution is -0.117. The Morgan fingerprint density at radius 3 is 2.36 bits per heavy atom. The summed E-state index contributed by atoms with van der Waals surface area (Å²) in [6.07, 6.45) is 1.53. The number of allylic oxidation sites excluding steroid dienone is 2. The van der Waals surface area contributed by atoms with Crippen LogP contribution in [0.1, 0.15) is 33.6 Å². The third kappa shape index (κ3) is 1.84. The zero-order valence-corrected chi connectivity index (χ0v) is 7.96. The van der Waals surface area contributed by atoms with Gasteiger partial charge in [-0.2, -0.15) is 0 Å². The predicted molar refractivity (Wildman–Crippen MR) is 46.6 cm³/mol. The van der Waals surface area contributed by atoms with E-state index in [1.54, 1.807) is 0 Å². The van der Waals surface area contributed by atoms with Gasteiger partial charge in [-0.25, -0.2) is 0 Å². The van der Waals surface area contributed by atoms with E-state index in [1.165, 1.54) is 0 Å². The van der Waals surface area contributed by atoms with Gasteiger partial charge in [-0.05, 0) is 18.8 Å². The first-order valence-corrected chi connectivity index (χ1v) is 4.19. The quantitative estimate of drug-likeness (QED) is 0.549. The molecule has 0 unspecified atom stereocenters. The molecular formula is C9H13ClO. The zero-order chi connectivity index (χ0) is 8.65. The van der Waals surface area contributed by atoms with E-state index in [0.29, 0.717) is 11.5 Å². The minimum absolute atomic E-state index is 0.0976. The highest BCUT2D eigenvalue weighted by molar-refractivity contribution is 6.43. The van der Waals surface area contributed by atoms with E-state index in [2.05, 4.69) is 13.8 Å². The van der Waals surface area contributed by atoms with E-state index >= 15 is 0 Å². The number of Topliss-reactive ketones (excluding diaryl/α,β-unsaturated/α-hetero) is 1. The smallest absolute Gasteiger partial charge is 0.174 e. The van der Waals surface area contributed by atoms with Gasteiger partial charge < -0.3 is 0 Å². The van der Waals surface area contributed by atoms with Gasteiger partial charge in [-0.1, -0.05) is 31.0 Å². The Kier molecular flexibility index (Phi) is 2.10. The van der Waals surface area contributed by atoms with Crippen molar-refractivity contribution in [1.82, 2.24) is 0 Å². The van der Waals surface area contributed by atoms with Crippen LogP contribution in [-0.2, 0) is 4.79 Å². The van der Waals surface area contributed by atoms with Crippen molar-refractivity contribution in [1.29, 1.82) is 0 Å². The average molecular weight is 173 g/mol. The van der Waals surface area contributed by atoms with Gasteiger partial charge in [-0.3, -0.25) is 4.79 Å². The molecular weight excluding hydrogens is 160 g/mol. The average Bonchev–Trinajstić information content (AvgIpc) is 1.81. The minimum atomic E-state index is 0.0976. The Bertz CT molecular complexity index is 226. The second-order valence-electron chi connectivity index (χ2n) is 4.04. The summed E-state index contributed by atoms with van der Waals surface area (Å²) < 4.78 is 0. The molecule has 0 spiro atoms. The molecule has 0 N–H and O–H groups in total. The largest absolute Gasteiger partial charge is 0.293 e. The molecule has 2 heteroatoms. The Hall–Kier alpha value is -0.300. The first-order valence-electron chi connectivity index (χ1n) is 3.81. The Morgan fingerprint density at radius 1 is 1.36 bits per heavy atom. The van der Waals surface area contributed by atoms with Crippen LogP contribution in [0.4, 0.5) is 0 Å². The number of ketones is 1. The first kappa shape index (κ1) is 8.79. The van der Waals surface area contributed by atoms with Crippen molar-refractivity contribution < 1.29 is 4.79 Å².